The van der Waals surface area contributed by atoms with Crippen LogP contribution < -0.4 is 15.1 Å². The van der Waals surface area contributed by atoms with Crippen molar-refractivity contribution in [2.24, 2.45) is 0 Å². The first-order valence-electron chi connectivity index (χ1n) is 10.8. The van der Waals surface area contributed by atoms with Gasteiger partial charge in [-0.3, -0.25) is 9.59 Å². The van der Waals surface area contributed by atoms with Gasteiger partial charge in [-0.05, 0) is 61.1 Å². The van der Waals surface area contributed by atoms with Crippen LogP contribution in [0.5, 0.6) is 0 Å². The maximum absolute atomic E-state index is 13.3. The average Bonchev–Trinajstić information content (AvgIpc) is 3.43. The van der Waals surface area contributed by atoms with E-state index in [0.29, 0.717) is 13.2 Å². The van der Waals surface area contributed by atoms with Crippen LogP contribution in [-0.2, 0) is 20.7 Å². The van der Waals surface area contributed by atoms with Gasteiger partial charge in [0.1, 0.15) is 6.10 Å². The van der Waals surface area contributed by atoms with E-state index in [4.69, 9.17) is 4.74 Å². The Hall–Kier alpha value is -2.86. The molecule has 0 spiro atoms. The van der Waals surface area contributed by atoms with Crippen molar-refractivity contribution < 1.29 is 14.3 Å². The number of carbonyl (C=O) groups is 2. The lowest BCUT2D eigenvalue weighted by atomic mass is 9.95. The van der Waals surface area contributed by atoms with Crippen LogP contribution in [0, 0.1) is 0 Å². The van der Waals surface area contributed by atoms with Gasteiger partial charge < -0.3 is 19.9 Å². The van der Waals surface area contributed by atoms with Crippen molar-refractivity contribution in [2.75, 3.05) is 34.8 Å². The maximum Gasteiger partial charge on any atom is 0.256 e. The lowest BCUT2D eigenvalue weighted by Crippen LogP contribution is -2.53. The monoisotopic (exact) mass is 405 g/mol. The number of fused-ring (bicyclic) bond motifs is 2. The fourth-order valence-corrected chi connectivity index (χ4v) is 5.04. The number of nitrogens with one attached hydrogen (secondary N) is 1. The van der Waals surface area contributed by atoms with Crippen molar-refractivity contribution >= 4 is 28.9 Å². The number of anilines is 3. The molecule has 1 N–H and O–H groups in total. The molecule has 1 fully saturated rings. The third kappa shape index (κ3) is 3.06. The minimum absolute atomic E-state index is 0.000842. The van der Waals surface area contributed by atoms with Gasteiger partial charge in [-0.15, -0.1) is 0 Å². The number of hydrogen-bond donors (Lipinski definition) is 1. The Morgan fingerprint density at radius 1 is 1.17 bits per heavy atom. The summed E-state index contributed by atoms with van der Waals surface area (Å²) in [6, 6.07) is 12.3. The van der Waals surface area contributed by atoms with E-state index in [1.807, 2.05) is 17.9 Å². The van der Waals surface area contributed by atoms with E-state index in [0.717, 1.165) is 42.7 Å². The quantitative estimate of drug-likeness (QED) is 0.830. The van der Waals surface area contributed by atoms with E-state index in [2.05, 4.69) is 35.6 Å². The first-order chi connectivity index (χ1) is 14.5. The molecule has 2 aromatic carbocycles. The summed E-state index contributed by atoms with van der Waals surface area (Å²) in [5, 5.41) is 3.43. The zero-order chi connectivity index (χ0) is 20.8. The largest absolute Gasteiger partial charge is 0.384 e. The van der Waals surface area contributed by atoms with Gasteiger partial charge in [-0.1, -0.05) is 18.2 Å². The van der Waals surface area contributed by atoms with Crippen LogP contribution in [0.2, 0.25) is 0 Å². The summed E-state index contributed by atoms with van der Waals surface area (Å²) in [6.45, 7) is 5.63. The van der Waals surface area contributed by atoms with E-state index in [-0.39, 0.29) is 24.0 Å². The molecule has 0 saturated carbocycles. The standard InChI is InChI=1S/C24H27N3O3/c1-15-14-26(24(29)23-7-4-12-30-23)22-13-17(8-9-21(22)27(15)16(2)28)18-5-3-6-20-19(18)10-11-25-20/h3,5-6,8-9,13,15,23,25H,4,7,10-12,14H2,1-2H3. The van der Waals surface area contributed by atoms with Crippen molar-refractivity contribution in [3.8, 4) is 11.1 Å². The Kier molecular flexibility index (Phi) is 4.74. The van der Waals surface area contributed by atoms with Crippen LogP contribution in [0.15, 0.2) is 36.4 Å². The number of carbonyl (C=O) groups excluding carboxylic acids is 2. The highest BCUT2D eigenvalue weighted by Crippen LogP contribution is 2.41. The van der Waals surface area contributed by atoms with Gasteiger partial charge in [0.2, 0.25) is 5.91 Å². The molecule has 6 nitrogen and oxygen atoms in total. The van der Waals surface area contributed by atoms with Crippen LogP contribution >= 0.6 is 0 Å². The molecule has 3 heterocycles. The number of hydrogen-bond acceptors (Lipinski definition) is 4. The average molecular weight is 405 g/mol. The molecule has 2 amide bonds. The lowest BCUT2D eigenvalue weighted by molar-refractivity contribution is -0.127. The highest BCUT2D eigenvalue weighted by molar-refractivity contribution is 6.06. The third-order valence-corrected chi connectivity index (χ3v) is 6.40. The highest BCUT2D eigenvalue weighted by atomic mass is 16.5. The van der Waals surface area contributed by atoms with Crippen molar-refractivity contribution in [3.05, 3.63) is 42.0 Å². The van der Waals surface area contributed by atoms with Gasteiger partial charge in [0, 0.05) is 32.3 Å². The predicted molar refractivity (Wildman–Crippen MR) is 118 cm³/mol. The zero-order valence-electron chi connectivity index (χ0n) is 17.5. The summed E-state index contributed by atoms with van der Waals surface area (Å²) in [5.41, 5.74) is 6.32. The lowest BCUT2D eigenvalue weighted by Gasteiger charge is -2.41. The fourth-order valence-electron chi connectivity index (χ4n) is 5.04. The molecule has 0 bridgehead atoms. The summed E-state index contributed by atoms with van der Waals surface area (Å²) in [6.07, 6.45) is 2.27. The molecule has 6 heteroatoms. The van der Waals surface area contributed by atoms with E-state index in [9.17, 15) is 9.59 Å². The van der Waals surface area contributed by atoms with Crippen molar-refractivity contribution in [2.45, 2.75) is 45.3 Å². The van der Waals surface area contributed by atoms with Crippen molar-refractivity contribution in [1.82, 2.24) is 0 Å². The molecular formula is C24H27N3O3. The number of benzene rings is 2. The number of amides is 2. The zero-order valence-corrected chi connectivity index (χ0v) is 17.5. The number of nitrogens with zero attached hydrogens (tertiary/aromatic N) is 2. The Bertz CT molecular complexity index is 1010. The molecule has 0 aromatic heterocycles. The smallest absolute Gasteiger partial charge is 0.256 e. The topological polar surface area (TPSA) is 61.9 Å². The van der Waals surface area contributed by atoms with E-state index in [1.165, 1.54) is 16.8 Å². The van der Waals surface area contributed by atoms with Gasteiger partial charge in [0.05, 0.1) is 17.4 Å². The van der Waals surface area contributed by atoms with Gasteiger partial charge in [0.25, 0.3) is 5.91 Å². The second-order valence-electron chi connectivity index (χ2n) is 8.40. The van der Waals surface area contributed by atoms with E-state index < -0.39 is 0 Å². The predicted octanol–water partition coefficient (Wildman–Crippen LogP) is 3.59. The molecule has 2 atom stereocenters. The van der Waals surface area contributed by atoms with Crippen LogP contribution in [0.3, 0.4) is 0 Å². The molecule has 0 radical (unpaired) electrons. The minimum Gasteiger partial charge on any atom is -0.384 e. The highest BCUT2D eigenvalue weighted by Gasteiger charge is 2.37. The molecule has 2 aromatic rings. The SMILES string of the molecule is CC(=O)N1c2ccc(-c3cccc4c3CCN4)cc2N(C(=O)C2CCCO2)CC1C. The number of rotatable bonds is 2. The molecule has 2 unspecified atom stereocenters. The van der Waals surface area contributed by atoms with Crippen molar-refractivity contribution in [1.29, 1.82) is 0 Å². The maximum atomic E-state index is 13.3. The molecule has 3 aliphatic rings. The summed E-state index contributed by atoms with van der Waals surface area (Å²) in [5.74, 6) is -0.00794. The van der Waals surface area contributed by atoms with Gasteiger partial charge in [-0.2, -0.15) is 0 Å². The summed E-state index contributed by atoms with van der Waals surface area (Å²) in [4.78, 5) is 29.3. The fraction of sp³-hybridized carbons (Fsp3) is 0.417. The molecule has 3 aliphatic heterocycles. The Morgan fingerprint density at radius 2 is 2.03 bits per heavy atom. The van der Waals surface area contributed by atoms with Crippen LogP contribution in [0.1, 0.15) is 32.3 Å². The van der Waals surface area contributed by atoms with Crippen molar-refractivity contribution in [3.63, 3.8) is 0 Å². The van der Waals surface area contributed by atoms with Gasteiger partial charge >= 0.3 is 0 Å². The molecule has 156 valence electrons. The Labute approximate surface area is 176 Å². The molecule has 30 heavy (non-hydrogen) atoms. The normalized spacial score (nSPS) is 22.5. The summed E-state index contributed by atoms with van der Waals surface area (Å²) < 4.78 is 5.69. The summed E-state index contributed by atoms with van der Waals surface area (Å²) in [7, 11) is 0. The molecule has 0 aliphatic carbocycles. The molecule has 1 saturated heterocycles. The Morgan fingerprint density at radius 3 is 2.80 bits per heavy atom. The minimum atomic E-state index is -0.386. The second-order valence-corrected chi connectivity index (χ2v) is 8.40. The second kappa shape index (κ2) is 7.43. The van der Waals surface area contributed by atoms with E-state index in [1.54, 1.807) is 11.8 Å². The third-order valence-electron chi connectivity index (χ3n) is 6.40. The van der Waals surface area contributed by atoms with Gasteiger partial charge in [-0.25, -0.2) is 0 Å². The summed E-state index contributed by atoms with van der Waals surface area (Å²) >= 11 is 0. The van der Waals surface area contributed by atoms with E-state index >= 15 is 0 Å². The van der Waals surface area contributed by atoms with Crippen LogP contribution in [0.4, 0.5) is 17.1 Å². The Balaban J connectivity index is 1.62. The van der Waals surface area contributed by atoms with Crippen LogP contribution in [-0.4, -0.2) is 43.7 Å². The number of ether oxygens (including phenoxy) is 1. The first kappa shape index (κ1) is 19.1. The first-order valence-corrected chi connectivity index (χ1v) is 10.8. The molecule has 5 rings (SSSR count). The van der Waals surface area contributed by atoms with Gasteiger partial charge in [0.15, 0.2) is 0 Å². The van der Waals surface area contributed by atoms with Crippen LogP contribution in [0.25, 0.3) is 11.1 Å². The molecular weight excluding hydrogens is 378 g/mol.